The number of nitrogens with one attached hydrogen (secondary N) is 1. The molecule has 1 amide bonds. The molecule has 1 N–H and O–H groups in total. The maximum Gasteiger partial charge on any atom is 0.416 e. The van der Waals surface area contributed by atoms with Gasteiger partial charge in [0.1, 0.15) is 0 Å². The van der Waals surface area contributed by atoms with Crippen molar-refractivity contribution in [1.29, 1.82) is 0 Å². The van der Waals surface area contributed by atoms with Gasteiger partial charge in [-0.05, 0) is 28.8 Å². The zero-order valence-electron chi connectivity index (χ0n) is 15.5. The number of morpholine rings is 1. The van der Waals surface area contributed by atoms with Crippen LogP contribution in [0.4, 0.5) is 13.2 Å². The summed E-state index contributed by atoms with van der Waals surface area (Å²) in [6, 6.07) is 12.6. The van der Waals surface area contributed by atoms with Crippen molar-refractivity contribution < 1.29 is 22.7 Å². The summed E-state index contributed by atoms with van der Waals surface area (Å²) in [6.45, 7) is 4.41. The van der Waals surface area contributed by atoms with Gasteiger partial charge in [-0.15, -0.1) is 0 Å². The topological polar surface area (TPSA) is 41.6 Å². The van der Waals surface area contributed by atoms with Gasteiger partial charge < -0.3 is 10.1 Å². The standard InChI is InChI=1S/C21H23F3N2O2/c22-21(23,24)19-7-5-16(6-8-19)13-20(27)25-14-17-3-1-2-4-18(17)15-26-9-11-28-12-10-26/h1-8H,9-15H2,(H,25,27). The number of halogens is 3. The van der Waals surface area contributed by atoms with E-state index >= 15 is 0 Å². The van der Waals surface area contributed by atoms with Crippen molar-refractivity contribution >= 4 is 5.91 Å². The number of benzene rings is 2. The smallest absolute Gasteiger partial charge is 0.379 e. The van der Waals surface area contributed by atoms with Crippen LogP contribution in [0.25, 0.3) is 0 Å². The third-order valence-electron chi connectivity index (χ3n) is 4.74. The van der Waals surface area contributed by atoms with E-state index in [4.69, 9.17) is 4.74 Å². The van der Waals surface area contributed by atoms with Gasteiger partial charge in [-0.25, -0.2) is 0 Å². The van der Waals surface area contributed by atoms with Crippen LogP contribution in [-0.2, 0) is 35.2 Å². The van der Waals surface area contributed by atoms with Crippen LogP contribution in [0.5, 0.6) is 0 Å². The minimum Gasteiger partial charge on any atom is -0.379 e. The first-order chi connectivity index (χ1) is 13.4. The fourth-order valence-corrected chi connectivity index (χ4v) is 3.14. The van der Waals surface area contributed by atoms with Gasteiger partial charge in [-0.1, -0.05) is 36.4 Å². The summed E-state index contributed by atoms with van der Waals surface area (Å²) in [5.74, 6) is -0.221. The second-order valence-electron chi connectivity index (χ2n) is 6.81. The molecule has 28 heavy (non-hydrogen) atoms. The lowest BCUT2D eigenvalue weighted by atomic mass is 10.1. The molecular formula is C21H23F3N2O2. The Bertz CT molecular complexity index is 785. The molecule has 7 heteroatoms. The first-order valence-corrected chi connectivity index (χ1v) is 9.21. The molecule has 0 atom stereocenters. The number of nitrogens with zero attached hydrogens (tertiary/aromatic N) is 1. The fraction of sp³-hybridized carbons (Fsp3) is 0.381. The van der Waals surface area contributed by atoms with Crippen molar-refractivity contribution in [3.63, 3.8) is 0 Å². The molecule has 0 aromatic heterocycles. The fourth-order valence-electron chi connectivity index (χ4n) is 3.14. The van der Waals surface area contributed by atoms with Crippen LogP contribution in [-0.4, -0.2) is 37.1 Å². The van der Waals surface area contributed by atoms with E-state index in [2.05, 4.69) is 10.2 Å². The summed E-state index contributed by atoms with van der Waals surface area (Å²) in [4.78, 5) is 14.5. The number of amides is 1. The number of alkyl halides is 3. The Kier molecular flexibility index (Phi) is 6.70. The Balaban J connectivity index is 1.54. The molecule has 0 radical (unpaired) electrons. The SMILES string of the molecule is O=C(Cc1ccc(C(F)(F)F)cc1)NCc1ccccc1CN1CCOCC1. The zero-order chi connectivity index (χ0) is 20.0. The molecule has 4 nitrogen and oxygen atoms in total. The first-order valence-electron chi connectivity index (χ1n) is 9.21. The summed E-state index contributed by atoms with van der Waals surface area (Å²) in [5, 5.41) is 2.87. The normalized spacial score (nSPS) is 15.4. The lowest BCUT2D eigenvalue weighted by molar-refractivity contribution is -0.137. The lowest BCUT2D eigenvalue weighted by Crippen LogP contribution is -2.36. The van der Waals surface area contributed by atoms with E-state index in [9.17, 15) is 18.0 Å². The van der Waals surface area contributed by atoms with E-state index in [0.29, 0.717) is 12.1 Å². The summed E-state index contributed by atoms with van der Waals surface area (Å²) in [6.07, 6.45) is -4.32. The number of carbonyl (C=O) groups excluding carboxylic acids is 1. The van der Waals surface area contributed by atoms with Crippen molar-refractivity contribution in [1.82, 2.24) is 10.2 Å². The molecule has 0 unspecified atom stereocenters. The molecule has 1 aliphatic heterocycles. The second-order valence-corrected chi connectivity index (χ2v) is 6.81. The van der Waals surface area contributed by atoms with Crippen LogP contribution in [0, 0.1) is 0 Å². The molecule has 2 aromatic carbocycles. The number of ether oxygens (including phenoxy) is 1. The Hall–Kier alpha value is -2.38. The summed E-state index contributed by atoms with van der Waals surface area (Å²) < 4.78 is 43.2. The highest BCUT2D eigenvalue weighted by atomic mass is 19.4. The van der Waals surface area contributed by atoms with Gasteiger partial charge >= 0.3 is 6.18 Å². The Labute approximate surface area is 162 Å². The van der Waals surface area contributed by atoms with E-state index in [1.807, 2.05) is 24.3 Å². The third kappa shape index (κ3) is 5.81. The number of rotatable bonds is 6. The monoisotopic (exact) mass is 392 g/mol. The van der Waals surface area contributed by atoms with E-state index < -0.39 is 11.7 Å². The molecule has 3 rings (SSSR count). The number of hydrogen-bond acceptors (Lipinski definition) is 3. The van der Waals surface area contributed by atoms with Gasteiger partial charge in [0.05, 0.1) is 25.2 Å². The van der Waals surface area contributed by atoms with Crippen LogP contribution in [0.1, 0.15) is 22.3 Å². The number of carbonyl (C=O) groups is 1. The molecule has 150 valence electrons. The highest BCUT2D eigenvalue weighted by Gasteiger charge is 2.29. The quantitative estimate of drug-likeness (QED) is 0.819. The molecule has 1 heterocycles. The van der Waals surface area contributed by atoms with Gasteiger partial charge in [0.2, 0.25) is 5.91 Å². The Morgan fingerprint density at radius 1 is 1.00 bits per heavy atom. The summed E-state index contributed by atoms with van der Waals surface area (Å²) in [5.41, 5.74) is 2.02. The zero-order valence-corrected chi connectivity index (χ0v) is 15.5. The van der Waals surface area contributed by atoms with E-state index in [1.165, 1.54) is 12.1 Å². The summed E-state index contributed by atoms with van der Waals surface area (Å²) in [7, 11) is 0. The highest BCUT2D eigenvalue weighted by molar-refractivity contribution is 5.78. The van der Waals surface area contributed by atoms with Crippen molar-refractivity contribution in [2.45, 2.75) is 25.7 Å². The molecular weight excluding hydrogens is 369 g/mol. The van der Waals surface area contributed by atoms with Gasteiger partial charge in [0, 0.05) is 26.2 Å². The summed E-state index contributed by atoms with van der Waals surface area (Å²) >= 11 is 0. The van der Waals surface area contributed by atoms with Gasteiger partial charge in [-0.3, -0.25) is 9.69 Å². The van der Waals surface area contributed by atoms with Crippen LogP contribution < -0.4 is 5.32 Å². The van der Waals surface area contributed by atoms with Crippen LogP contribution in [0.2, 0.25) is 0 Å². The molecule has 0 spiro atoms. The largest absolute Gasteiger partial charge is 0.416 e. The Morgan fingerprint density at radius 3 is 2.29 bits per heavy atom. The highest BCUT2D eigenvalue weighted by Crippen LogP contribution is 2.29. The van der Waals surface area contributed by atoms with Crippen molar-refractivity contribution in [2.75, 3.05) is 26.3 Å². The van der Waals surface area contributed by atoms with Crippen LogP contribution >= 0.6 is 0 Å². The van der Waals surface area contributed by atoms with Gasteiger partial charge in [-0.2, -0.15) is 13.2 Å². The third-order valence-corrected chi connectivity index (χ3v) is 4.74. The number of hydrogen-bond donors (Lipinski definition) is 1. The van der Waals surface area contributed by atoms with Crippen molar-refractivity contribution in [3.05, 3.63) is 70.8 Å². The van der Waals surface area contributed by atoms with E-state index in [0.717, 1.165) is 56.1 Å². The molecule has 0 aliphatic carbocycles. The maximum atomic E-state index is 12.6. The molecule has 2 aromatic rings. The molecule has 0 bridgehead atoms. The first kappa shape index (κ1) is 20.4. The predicted octanol–water partition coefficient (Wildman–Crippen LogP) is 3.40. The second kappa shape index (κ2) is 9.21. The van der Waals surface area contributed by atoms with Crippen LogP contribution in [0.3, 0.4) is 0 Å². The van der Waals surface area contributed by atoms with Crippen molar-refractivity contribution in [3.8, 4) is 0 Å². The van der Waals surface area contributed by atoms with E-state index in [-0.39, 0.29) is 12.3 Å². The van der Waals surface area contributed by atoms with Gasteiger partial charge in [0.25, 0.3) is 0 Å². The predicted molar refractivity (Wildman–Crippen MR) is 99.5 cm³/mol. The van der Waals surface area contributed by atoms with Gasteiger partial charge in [0.15, 0.2) is 0 Å². The maximum absolute atomic E-state index is 12.6. The average Bonchev–Trinajstić information content (AvgIpc) is 2.68. The minimum absolute atomic E-state index is 0.0454. The molecule has 1 aliphatic rings. The lowest BCUT2D eigenvalue weighted by Gasteiger charge is -2.27. The average molecular weight is 392 g/mol. The minimum atomic E-state index is -4.37. The van der Waals surface area contributed by atoms with E-state index in [1.54, 1.807) is 0 Å². The molecule has 0 saturated carbocycles. The Morgan fingerprint density at radius 2 is 1.64 bits per heavy atom. The molecule has 1 fully saturated rings. The van der Waals surface area contributed by atoms with Crippen LogP contribution in [0.15, 0.2) is 48.5 Å². The van der Waals surface area contributed by atoms with Crippen molar-refractivity contribution in [2.24, 2.45) is 0 Å². The molecule has 1 saturated heterocycles.